The van der Waals surface area contributed by atoms with Crippen LogP contribution in [0.2, 0.25) is 0 Å². The molecule has 0 bridgehead atoms. The summed E-state index contributed by atoms with van der Waals surface area (Å²) in [6.45, 7) is 6.02. The number of amides is 2. The molecular weight excluding hydrogens is 351 g/mol. The molecule has 1 saturated heterocycles. The third kappa shape index (κ3) is 7.13. The van der Waals surface area contributed by atoms with E-state index in [2.05, 4.69) is 10.2 Å². The standard InChI is InChI=1S/C16H30N4O2.2ClH/c1-2-18-15(21)12-19-7-9-20(10-8-19)16(22)11-13-5-3-4-6-14(13)17;;/h13-14H,2-12,17H2,1H3,(H,18,21);2*1H. The van der Waals surface area contributed by atoms with Crippen molar-refractivity contribution in [3.05, 3.63) is 0 Å². The highest BCUT2D eigenvalue weighted by molar-refractivity contribution is 5.85. The molecule has 2 atom stereocenters. The lowest BCUT2D eigenvalue weighted by Crippen LogP contribution is -2.51. The fourth-order valence-corrected chi connectivity index (χ4v) is 3.45. The van der Waals surface area contributed by atoms with Crippen molar-refractivity contribution in [1.29, 1.82) is 0 Å². The Hall–Kier alpha value is -0.560. The van der Waals surface area contributed by atoms with E-state index in [4.69, 9.17) is 5.73 Å². The van der Waals surface area contributed by atoms with Crippen molar-refractivity contribution in [3.63, 3.8) is 0 Å². The molecule has 0 spiro atoms. The minimum atomic E-state index is 0. The smallest absolute Gasteiger partial charge is 0.234 e. The molecule has 142 valence electrons. The Kier molecular flexibility index (Phi) is 11.6. The molecular formula is C16H32Cl2N4O2. The number of hydrogen-bond donors (Lipinski definition) is 2. The molecule has 0 aromatic carbocycles. The number of rotatable bonds is 5. The number of nitrogens with one attached hydrogen (secondary N) is 1. The summed E-state index contributed by atoms with van der Waals surface area (Å²) in [6.07, 6.45) is 5.14. The fraction of sp³-hybridized carbons (Fsp3) is 0.875. The number of halogens is 2. The van der Waals surface area contributed by atoms with E-state index in [0.717, 1.165) is 39.0 Å². The zero-order valence-electron chi connectivity index (χ0n) is 14.5. The van der Waals surface area contributed by atoms with E-state index in [1.54, 1.807) is 0 Å². The lowest BCUT2D eigenvalue weighted by Gasteiger charge is -2.36. The average molecular weight is 383 g/mol. The molecule has 0 aromatic heterocycles. The van der Waals surface area contributed by atoms with E-state index in [1.807, 2.05) is 11.8 Å². The van der Waals surface area contributed by atoms with Gasteiger partial charge in [0.05, 0.1) is 6.54 Å². The summed E-state index contributed by atoms with van der Waals surface area (Å²) < 4.78 is 0. The Labute approximate surface area is 157 Å². The summed E-state index contributed by atoms with van der Waals surface area (Å²) in [5.41, 5.74) is 6.14. The molecule has 24 heavy (non-hydrogen) atoms. The van der Waals surface area contributed by atoms with Crippen LogP contribution in [0.1, 0.15) is 39.0 Å². The van der Waals surface area contributed by atoms with E-state index >= 15 is 0 Å². The molecule has 2 aliphatic rings. The van der Waals surface area contributed by atoms with Crippen molar-refractivity contribution in [2.24, 2.45) is 11.7 Å². The SMILES string of the molecule is CCNC(=O)CN1CCN(C(=O)CC2CCCCC2N)CC1.Cl.Cl. The maximum absolute atomic E-state index is 12.4. The van der Waals surface area contributed by atoms with Crippen molar-refractivity contribution in [2.45, 2.75) is 45.1 Å². The first-order chi connectivity index (χ1) is 10.6. The van der Waals surface area contributed by atoms with Crippen LogP contribution in [0.15, 0.2) is 0 Å². The first kappa shape index (κ1) is 23.4. The Morgan fingerprint density at radius 2 is 1.71 bits per heavy atom. The van der Waals surface area contributed by atoms with Crippen LogP contribution in [-0.4, -0.2) is 66.9 Å². The van der Waals surface area contributed by atoms with E-state index < -0.39 is 0 Å². The average Bonchev–Trinajstić information content (AvgIpc) is 2.50. The minimum absolute atomic E-state index is 0. The van der Waals surface area contributed by atoms with Gasteiger partial charge in [-0.3, -0.25) is 14.5 Å². The highest BCUT2D eigenvalue weighted by Gasteiger charge is 2.28. The topological polar surface area (TPSA) is 78.7 Å². The molecule has 3 N–H and O–H groups in total. The predicted octanol–water partition coefficient (Wildman–Crippen LogP) is 1.02. The first-order valence-corrected chi connectivity index (χ1v) is 8.62. The summed E-state index contributed by atoms with van der Waals surface area (Å²) in [7, 11) is 0. The number of nitrogens with zero attached hydrogens (tertiary/aromatic N) is 2. The van der Waals surface area contributed by atoms with Crippen LogP contribution in [0.4, 0.5) is 0 Å². The van der Waals surface area contributed by atoms with Gasteiger partial charge < -0.3 is 16.0 Å². The molecule has 6 nitrogen and oxygen atoms in total. The molecule has 2 fully saturated rings. The number of carbonyl (C=O) groups is 2. The van der Waals surface area contributed by atoms with Crippen LogP contribution >= 0.6 is 24.8 Å². The van der Waals surface area contributed by atoms with Crippen molar-refractivity contribution < 1.29 is 9.59 Å². The second-order valence-electron chi connectivity index (χ2n) is 6.52. The number of nitrogens with two attached hydrogens (primary N) is 1. The highest BCUT2D eigenvalue weighted by atomic mass is 35.5. The van der Waals surface area contributed by atoms with Crippen LogP contribution in [0.5, 0.6) is 0 Å². The van der Waals surface area contributed by atoms with Crippen molar-refractivity contribution in [2.75, 3.05) is 39.3 Å². The van der Waals surface area contributed by atoms with Gasteiger partial charge in [-0.1, -0.05) is 12.8 Å². The first-order valence-electron chi connectivity index (χ1n) is 8.62. The molecule has 1 saturated carbocycles. The Balaban J connectivity index is 0.00000264. The third-order valence-electron chi connectivity index (χ3n) is 4.87. The predicted molar refractivity (Wildman–Crippen MR) is 101 cm³/mol. The van der Waals surface area contributed by atoms with Gasteiger partial charge in [-0.15, -0.1) is 24.8 Å². The lowest BCUT2D eigenvalue weighted by molar-refractivity contribution is -0.134. The Bertz CT molecular complexity index is 390. The van der Waals surface area contributed by atoms with Crippen molar-refractivity contribution in [1.82, 2.24) is 15.1 Å². The second kappa shape index (κ2) is 11.9. The van der Waals surface area contributed by atoms with Gasteiger partial charge in [-0.2, -0.15) is 0 Å². The Morgan fingerprint density at radius 1 is 1.08 bits per heavy atom. The molecule has 2 unspecified atom stereocenters. The van der Waals surface area contributed by atoms with Gasteiger partial charge in [0, 0.05) is 45.2 Å². The largest absolute Gasteiger partial charge is 0.355 e. The lowest BCUT2D eigenvalue weighted by atomic mass is 9.82. The normalized spacial score (nSPS) is 24.5. The molecule has 0 radical (unpaired) electrons. The molecule has 1 heterocycles. The van der Waals surface area contributed by atoms with Crippen LogP contribution in [0.3, 0.4) is 0 Å². The number of carbonyl (C=O) groups excluding carboxylic acids is 2. The van der Waals surface area contributed by atoms with Crippen LogP contribution in [0, 0.1) is 5.92 Å². The van der Waals surface area contributed by atoms with Gasteiger partial charge >= 0.3 is 0 Å². The monoisotopic (exact) mass is 382 g/mol. The zero-order chi connectivity index (χ0) is 15.9. The molecule has 2 amide bonds. The van der Waals surface area contributed by atoms with Gasteiger partial charge in [-0.05, 0) is 25.7 Å². The molecule has 1 aliphatic heterocycles. The Morgan fingerprint density at radius 3 is 2.29 bits per heavy atom. The van der Waals surface area contributed by atoms with Gasteiger partial charge in [0.2, 0.25) is 11.8 Å². The van der Waals surface area contributed by atoms with Gasteiger partial charge in [-0.25, -0.2) is 0 Å². The zero-order valence-corrected chi connectivity index (χ0v) is 16.2. The van der Waals surface area contributed by atoms with Crippen LogP contribution in [-0.2, 0) is 9.59 Å². The highest BCUT2D eigenvalue weighted by Crippen LogP contribution is 2.26. The fourth-order valence-electron chi connectivity index (χ4n) is 3.45. The molecule has 1 aliphatic carbocycles. The molecule has 2 rings (SSSR count). The number of likely N-dealkylation sites (N-methyl/N-ethyl adjacent to an activating group) is 1. The minimum Gasteiger partial charge on any atom is -0.355 e. The van der Waals surface area contributed by atoms with E-state index in [9.17, 15) is 9.59 Å². The van der Waals surface area contributed by atoms with Gasteiger partial charge in [0.1, 0.15) is 0 Å². The van der Waals surface area contributed by atoms with Gasteiger partial charge in [0.15, 0.2) is 0 Å². The van der Waals surface area contributed by atoms with E-state index in [1.165, 1.54) is 12.8 Å². The maximum atomic E-state index is 12.4. The van der Waals surface area contributed by atoms with Crippen LogP contribution in [0.25, 0.3) is 0 Å². The quantitative estimate of drug-likeness (QED) is 0.743. The van der Waals surface area contributed by atoms with Gasteiger partial charge in [0.25, 0.3) is 0 Å². The number of hydrogen-bond acceptors (Lipinski definition) is 4. The van der Waals surface area contributed by atoms with E-state index in [0.29, 0.717) is 25.4 Å². The summed E-state index contributed by atoms with van der Waals surface area (Å²) in [5.74, 6) is 0.657. The second-order valence-corrected chi connectivity index (χ2v) is 6.52. The van der Waals surface area contributed by atoms with E-state index in [-0.39, 0.29) is 42.7 Å². The van der Waals surface area contributed by atoms with Crippen molar-refractivity contribution >= 4 is 36.6 Å². The molecule has 0 aromatic rings. The third-order valence-corrected chi connectivity index (χ3v) is 4.87. The molecule has 8 heteroatoms. The maximum Gasteiger partial charge on any atom is 0.234 e. The summed E-state index contributed by atoms with van der Waals surface area (Å²) in [5, 5.41) is 2.81. The summed E-state index contributed by atoms with van der Waals surface area (Å²) >= 11 is 0. The number of piperazine rings is 1. The van der Waals surface area contributed by atoms with Crippen molar-refractivity contribution in [3.8, 4) is 0 Å². The summed E-state index contributed by atoms with van der Waals surface area (Å²) in [4.78, 5) is 28.0. The van der Waals surface area contributed by atoms with Crippen LogP contribution < -0.4 is 11.1 Å². The summed E-state index contributed by atoms with van der Waals surface area (Å²) in [6, 6.07) is 0.191.